The van der Waals surface area contributed by atoms with Gasteiger partial charge in [0.1, 0.15) is 11.6 Å². The lowest BCUT2D eigenvalue weighted by Gasteiger charge is -2.10. The van der Waals surface area contributed by atoms with E-state index in [1.165, 1.54) is 12.1 Å². The summed E-state index contributed by atoms with van der Waals surface area (Å²) < 4.78 is 18.5. The number of carboxylic acid groups (broad SMARTS) is 1. The molecule has 0 amide bonds. The molecule has 3 rings (SSSR count). The van der Waals surface area contributed by atoms with Gasteiger partial charge in [-0.2, -0.15) is 0 Å². The third-order valence-electron chi connectivity index (χ3n) is 4.03. The summed E-state index contributed by atoms with van der Waals surface area (Å²) in [6, 6.07) is 21.4. The fourth-order valence-corrected chi connectivity index (χ4v) is 3.82. The first-order valence-electron chi connectivity index (χ1n) is 8.81. The van der Waals surface area contributed by atoms with Crippen LogP contribution in [0.15, 0.2) is 83.8 Å². The molecule has 3 aromatic carbocycles. The number of hydrogen-bond acceptors (Lipinski definition) is 3. The minimum absolute atomic E-state index is 0.271. The van der Waals surface area contributed by atoms with E-state index in [-0.39, 0.29) is 5.82 Å². The van der Waals surface area contributed by atoms with Crippen molar-refractivity contribution in [1.29, 1.82) is 0 Å². The fraction of sp³-hybridized carbons (Fsp3) is 0.0870. The number of halogens is 2. The second kappa shape index (κ2) is 10.1. The van der Waals surface area contributed by atoms with Gasteiger partial charge in [-0.3, -0.25) is 0 Å². The van der Waals surface area contributed by atoms with Crippen LogP contribution in [0.5, 0.6) is 5.75 Å². The van der Waals surface area contributed by atoms with Crippen molar-refractivity contribution in [2.24, 2.45) is 0 Å². The number of benzene rings is 3. The van der Waals surface area contributed by atoms with Gasteiger partial charge in [-0.25, -0.2) is 9.18 Å². The fourth-order valence-electron chi connectivity index (χ4n) is 2.70. The molecule has 0 bridgehead atoms. The van der Waals surface area contributed by atoms with Crippen molar-refractivity contribution in [3.05, 3.63) is 101 Å². The molecule has 148 valence electrons. The van der Waals surface area contributed by atoms with Crippen LogP contribution in [0.25, 0.3) is 5.57 Å². The Kier molecular flexibility index (Phi) is 7.33. The predicted octanol–water partition coefficient (Wildman–Crippen LogP) is 6.17. The van der Waals surface area contributed by atoms with Crippen molar-refractivity contribution in [2.45, 2.75) is 4.90 Å². The molecule has 29 heavy (non-hydrogen) atoms. The summed E-state index contributed by atoms with van der Waals surface area (Å²) in [6.07, 6.45) is 2.08. The molecule has 0 saturated carbocycles. The van der Waals surface area contributed by atoms with E-state index in [0.717, 1.165) is 21.6 Å². The van der Waals surface area contributed by atoms with E-state index in [9.17, 15) is 9.18 Å². The Hall–Kier alpha value is -2.76. The maximum atomic E-state index is 13.3. The lowest BCUT2D eigenvalue weighted by Crippen LogP contribution is -2.09. The minimum Gasteiger partial charge on any atom is -0.482 e. The molecule has 0 heterocycles. The molecule has 0 aliphatic rings. The molecule has 6 heteroatoms. The van der Waals surface area contributed by atoms with E-state index < -0.39 is 12.6 Å². The van der Waals surface area contributed by atoms with Gasteiger partial charge in [0.05, 0.1) is 5.02 Å². The SMILES string of the molecule is O=C(O)COc1ccc(SC/C=C(/c2ccccc2)c2ccc(F)cc2)c(Cl)c1. The van der Waals surface area contributed by atoms with E-state index in [1.54, 1.807) is 42.1 Å². The maximum absolute atomic E-state index is 13.3. The number of hydrogen-bond donors (Lipinski definition) is 1. The lowest BCUT2D eigenvalue weighted by molar-refractivity contribution is -0.139. The normalized spacial score (nSPS) is 11.3. The molecule has 0 atom stereocenters. The van der Waals surface area contributed by atoms with Crippen LogP contribution in [-0.4, -0.2) is 23.4 Å². The van der Waals surface area contributed by atoms with Crippen LogP contribution in [0.4, 0.5) is 4.39 Å². The van der Waals surface area contributed by atoms with E-state index in [2.05, 4.69) is 6.08 Å². The molecular formula is C23H18ClFO3S. The summed E-state index contributed by atoms with van der Waals surface area (Å²) in [6.45, 7) is -0.413. The Morgan fingerprint density at radius 1 is 1.03 bits per heavy atom. The quantitative estimate of drug-likeness (QED) is 0.436. The topological polar surface area (TPSA) is 46.5 Å². The third kappa shape index (κ3) is 6.11. The second-order valence-electron chi connectivity index (χ2n) is 6.08. The number of rotatable bonds is 8. The Labute approximate surface area is 177 Å². The molecule has 0 aliphatic heterocycles. The van der Waals surface area contributed by atoms with Crippen LogP contribution in [0.3, 0.4) is 0 Å². The van der Waals surface area contributed by atoms with E-state index in [1.807, 2.05) is 30.3 Å². The number of carbonyl (C=O) groups is 1. The molecule has 3 aromatic rings. The summed E-state index contributed by atoms with van der Waals surface area (Å²) in [5, 5.41) is 9.18. The third-order valence-corrected chi connectivity index (χ3v) is 5.46. The number of aliphatic carboxylic acids is 1. The van der Waals surface area contributed by atoms with Crippen molar-refractivity contribution in [2.75, 3.05) is 12.4 Å². The van der Waals surface area contributed by atoms with Gasteiger partial charge in [0.2, 0.25) is 0 Å². The van der Waals surface area contributed by atoms with Gasteiger partial charge in [0.25, 0.3) is 0 Å². The highest BCUT2D eigenvalue weighted by molar-refractivity contribution is 7.99. The predicted molar refractivity (Wildman–Crippen MR) is 115 cm³/mol. The number of ether oxygens (including phenoxy) is 1. The van der Waals surface area contributed by atoms with Gasteiger partial charge in [0, 0.05) is 10.6 Å². The molecule has 1 N–H and O–H groups in total. The summed E-state index contributed by atoms with van der Waals surface area (Å²) in [5.74, 6) is -0.253. The van der Waals surface area contributed by atoms with Gasteiger partial charge in [-0.1, -0.05) is 60.1 Å². The first-order valence-corrected chi connectivity index (χ1v) is 10.2. The largest absolute Gasteiger partial charge is 0.482 e. The molecule has 0 unspecified atom stereocenters. The molecule has 3 nitrogen and oxygen atoms in total. The molecule has 0 spiro atoms. The van der Waals surface area contributed by atoms with Crippen LogP contribution in [-0.2, 0) is 4.79 Å². The van der Waals surface area contributed by atoms with Gasteiger partial charge >= 0.3 is 5.97 Å². The Bertz CT molecular complexity index is 1000. The zero-order valence-corrected chi connectivity index (χ0v) is 16.9. The molecule has 0 aromatic heterocycles. The van der Waals surface area contributed by atoms with E-state index in [0.29, 0.717) is 16.5 Å². The van der Waals surface area contributed by atoms with E-state index in [4.69, 9.17) is 21.4 Å². The summed E-state index contributed by atoms with van der Waals surface area (Å²) >= 11 is 7.85. The molecular weight excluding hydrogens is 411 g/mol. The van der Waals surface area contributed by atoms with Gasteiger partial charge in [0.15, 0.2) is 6.61 Å². The zero-order valence-electron chi connectivity index (χ0n) is 15.3. The lowest BCUT2D eigenvalue weighted by atomic mass is 9.98. The Morgan fingerprint density at radius 3 is 2.38 bits per heavy atom. The second-order valence-corrected chi connectivity index (χ2v) is 7.55. The summed E-state index contributed by atoms with van der Waals surface area (Å²) in [7, 11) is 0. The molecule has 0 fully saturated rings. The first kappa shape index (κ1) is 21.0. The van der Waals surface area contributed by atoms with Crippen LogP contribution < -0.4 is 4.74 Å². The van der Waals surface area contributed by atoms with Crippen LogP contribution >= 0.6 is 23.4 Å². The average Bonchev–Trinajstić information content (AvgIpc) is 2.72. The monoisotopic (exact) mass is 428 g/mol. The van der Waals surface area contributed by atoms with Crippen LogP contribution in [0, 0.1) is 5.82 Å². The number of thioether (sulfide) groups is 1. The summed E-state index contributed by atoms with van der Waals surface area (Å²) in [5.41, 5.74) is 2.99. The van der Waals surface area contributed by atoms with Gasteiger partial charge in [-0.15, -0.1) is 11.8 Å². The smallest absolute Gasteiger partial charge is 0.341 e. The molecule has 0 aliphatic carbocycles. The highest BCUT2D eigenvalue weighted by atomic mass is 35.5. The minimum atomic E-state index is -1.04. The highest BCUT2D eigenvalue weighted by Gasteiger charge is 2.07. The molecule has 0 radical (unpaired) electrons. The highest BCUT2D eigenvalue weighted by Crippen LogP contribution is 2.32. The number of carboxylic acids is 1. The van der Waals surface area contributed by atoms with Gasteiger partial charge < -0.3 is 9.84 Å². The van der Waals surface area contributed by atoms with E-state index >= 15 is 0 Å². The van der Waals surface area contributed by atoms with Crippen molar-refractivity contribution in [3.8, 4) is 5.75 Å². The van der Waals surface area contributed by atoms with Crippen LogP contribution in [0.2, 0.25) is 5.02 Å². The average molecular weight is 429 g/mol. The van der Waals surface area contributed by atoms with Gasteiger partial charge in [-0.05, 0) is 47.0 Å². The summed E-state index contributed by atoms with van der Waals surface area (Å²) in [4.78, 5) is 11.5. The van der Waals surface area contributed by atoms with Crippen molar-refractivity contribution < 1.29 is 19.0 Å². The maximum Gasteiger partial charge on any atom is 0.341 e. The van der Waals surface area contributed by atoms with Crippen molar-refractivity contribution in [3.63, 3.8) is 0 Å². The zero-order chi connectivity index (χ0) is 20.6. The van der Waals surface area contributed by atoms with Crippen molar-refractivity contribution in [1.82, 2.24) is 0 Å². The van der Waals surface area contributed by atoms with Crippen molar-refractivity contribution >= 4 is 34.9 Å². The Balaban J connectivity index is 1.76. The standard InChI is InChI=1S/C23H18ClFO3S/c24-21-14-19(28-15-23(26)27)10-11-22(21)29-13-12-20(16-4-2-1-3-5-16)17-6-8-18(25)9-7-17/h1-12,14H,13,15H2,(H,26,27)/b20-12-. The van der Waals surface area contributed by atoms with Crippen LogP contribution in [0.1, 0.15) is 11.1 Å². The molecule has 0 saturated heterocycles. The Morgan fingerprint density at radius 2 is 1.72 bits per heavy atom. The first-order chi connectivity index (χ1) is 14.0.